The van der Waals surface area contributed by atoms with Crippen LogP contribution in [-0.4, -0.2) is 24.7 Å². The van der Waals surface area contributed by atoms with E-state index in [-0.39, 0.29) is 36.0 Å². The highest BCUT2D eigenvalue weighted by Gasteiger charge is 2.05. The first-order chi connectivity index (χ1) is 11.5. The van der Waals surface area contributed by atoms with Crippen LogP contribution in [0.3, 0.4) is 0 Å². The molecule has 2 aromatic rings. The molecule has 0 aliphatic rings. The van der Waals surface area contributed by atoms with E-state index in [0.29, 0.717) is 24.6 Å². The molecular formula is C17H19F3IN3O. The zero-order valence-electron chi connectivity index (χ0n) is 13.5. The lowest BCUT2D eigenvalue weighted by Gasteiger charge is -2.12. The van der Waals surface area contributed by atoms with Gasteiger partial charge < -0.3 is 15.7 Å². The van der Waals surface area contributed by atoms with Gasteiger partial charge in [0.25, 0.3) is 0 Å². The molecule has 4 nitrogen and oxygen atoms in total. The van der Waals surface area contributed by atoms with Crippen molar-refractivity contribution in [1.29, 1.82) is 0 Å². The molecule has 8 heteroatoms. The predicted octanol–water partition coefficient (Wildman–Crippen LogP) is 3.34. The van der Waals surface area contributed by atoms with Crippen LogP contribution in [0.2, 0.25) is 0 Å². The minimum Gasteiger partial charge on any atom is -0.505 e. The van der Waals surface area contributed by atoms with Crippen molar-refractivity contribution in [2.24, 2.45) is 4.99 Å². The lowest BCUT2D eigenvalue weighted by molar-refractivity contribution is 0.431. The number of phenols is 1. The standard InChI is InChI=1S/C17H18F3N3O.HI/c1-21-17(23-10-11-2-5-16(24)15(20)8-11)22-7-6-12-9-13(18)3-4-14(12)19;/h2-5,8-9,24H,6-7,10H2,1H3,(H2,21,22,23);1H. The van der Waals surface area contributed by atoms with E-state index in [1.54, 1.807) is 13.1 Å². The van der Waals surface area contributed by atoms with Gasteiger partial charge in [-0.05, 0) is 47.9 Å². The summed E-state index contributed by atoms with van der Waals surface area (Å²) in [4.78, 5) is 4.00. The number of aromatic hydroxyl groups is 1. The van der Waals surface area contributed by atoms with E-state index >= 15 is 0 Å². The summed E-state index contributed by atoms with van der Waals surface area (Å²) < 4.78 is 39.9. The number of nitrogens with zero attached hydrogens (tertiary/aromatic N) is 1. The summed E-state index contributed by atoms with van der Waals surface area (Å²) in [6.07, 6.45) is 0.290. The Balaban J connectivity index is 0.00000312. The monoisotopic (exact) mass is 465 g/mol. The highest BCUT2D eigenvalue weighted by Crippen LogP contribution is 2.15. The molecule has 0 fully saturated rings. The minimum absolute atomic E-state index is 0. The number of hydrogen-bond acceptors (Lipinski definition) is 2. The lowest BCUT2D eigenvalue weighted by atomic mass is 10.1. The van der Waals surface area contributed by atoms with Crippen molar-refractivity contribution >= 4 is 29.9 Å². The molecule has 2 rings (SSSR count). The Morgan fingerprint density at radius 3 is 2.48 bits per heavy atom. The van der Waals surface area contributed by atoms with Gasteiger partial charge in [0.1, 0.15) is 11.6 Å². The first-order valence-corrected chi connectivity index (χ1v) is 7.35. The van der Waals surface area contributed by atoms with Crippen LogP contribution < -0.4 is 10.6 Å². The second-order valence-electron chi connectivity index (χ2n) is 5.12. The number of aliphatic imine (C=N–C) groups is 1. The molecule has 0 radical (unpaired) electrons. The van der Waals surface area contributed by atoms with Gasteiger partial charge in [-0.1, -0.05) is 6.07 Å². The number of hydrogen-bond donors (Lipinski definition) is 3. The van der Waals surface area contributed by atoms with Gasteiger partial charge in [0.15, 0.2) is 17.5 Å². The van der Waals surface area contributed by atoms with E-state index < -0.39 is 23.2 Å². The summed E-state index contributed by atoms with van der Waals surface area (Å²) in [6, 6.07) is 7.40. The van der Waals surface area contributed by atoms with Gasteiger partial charge in [-0.25, -0.2) is 13.2 Å². The summed E-state index contributed by atoms with van der Waals surface area (Å²) in [7, 11) is 1.56. The molecule has 2 aromatic carbocycles. The molecule has 0 atom stereocenters. The van der Waals surface area contributed by atoms with Crippen LogP contribution in [0.1, 0.15) is 11.1 Å². The smallest absolute Gasteiger partial charge is 0.191 e. The normalized spacial score (nSPS) is 11.0. The number of benzene rings is 2. The van der Waals surface area contributed by atoms with E-state index in [1.807, 2.05) is 0 Å². The molecule has 0 saturated heterocycles. The number of halogens is 4. The lowest BCUT2D eigenvalue weighted by Crippen LogP contribution is -2.37. The summed E-state index contributed by atoms with van der Waals surface area (Å²) in [5, 5.41) is 15.1. The van der Waals surface area contributed by atoms with Crippen molar-refractivity contribution in [3.05, 3.63) is 65.0 Å². The van der Waals surface area contributed by atoms with Crippen LogP contribution in [-0.2, 0) is 13.0 Å². The first kappa shape index (κ1) is 21.1. The van der Waals surface area contributed by atoms with E-state index in [4.69, 9.17) is 5.11 Å². The molecule has 0 heterocycles. The highest BCUT2D eigenvalue weighted by atomic mass is 127. The maximum atomic E-state index is 13.5. The fourth-order valence-electron chi connectivity index (χ4n) is 2.12. The summed E-state index contributed by atoms with van der Waals surface area (Å²) >= 11 is 0. The Morgan fingerprint density at radius 2 is 1.80 bits per heavy atom. The molecule has 0 aliphatic carbocycles. The summed E-state index contributed by atoms with van der Waals surface area (Å²) in [5.41, 5.74) is 0.906. The third kappa shape index (κ3) is 6.45. The van der Waals surface area contributed by atoms with Crippen LogP contribution in [0.5, 0.6) is 5.75 Å². The number of rotatable bonds is 5. The van der Waals surface area contributed by atoms with E-state index in [0.717, 1.165) is 18.2 Å². The van der Waals surface area contributed by atoms with Crippen molar-refractivity contribution in [3.8, 4) is 5.75 Å². The van der Waals surface area contributed by atoms with Crippen molar-refractivity contribution < 1.29 is 18.3 Å². The maximum absolute atomic E-state index is 13.5. The van der Waals surface area contributed by atoms with Gasteiger partial charge in [-0.3, -0.25) is 4.99 Å². The minimum atomic E-state index is -0.696. The number of nitrogens with one attached hydrogen (secondary N) is 2. The quantitative estimate of drug-likeness (QED) is 0.361. The van der Waals surface area contributed by atoms with Crippen LogP contribution in [0.25, 0.3) is 0 Å². The Labute approximate surface area is 161 Å². The molecule has 136 valence electrons. The van der Waals surface area contributed by atoms with Crippen molar-refractivity contribution in [3.63, 3.8) is 0 Å². The van der Waals surface area contributed by atoms with Crippen molar-refractivity contribution in [2.75, 3.05) is 13.6 Å². The van der Waals surface area contributed by atoms with E-state index in [9.17, 15) is 13.2 Å². The third-order valence-corrected chi connectivity index (χ3v) is 3.39. The topological polar surface area (TPSA) is 56.7 Å². The van der Waals surface area contributed by atoms with Crippen LogP contribution in [0.4, 0.5) is 13.2 Å². The van der Waals surface area contributed by atoms with E-state index in [2.05, 4.69) is 15.6 Å². The second kappa shape index (κ2) is 10.1. The SMILES string of the molecule is CN=C(NCCc1cc(F)ccc1F)NCc1ccc(O)c(F)c1.I. The van der Waals surface area contributed by atoms with Crippen molar-refractivity contribution in [2.45, 2.75) is 13.0 Å². The van der Waals surface area contributed by atoms with Crippen LogP contribution in [0.15, 0.2) is 41.4 Å². The molecule has 3 N–H and O–H groups in total. The molecule has 0 saturated carbocycles. The first-order valence-electron chi connectivity index (χ1n) is 7.35. The number of phenolic OH excluding ortho intramolecular Hbond substituents is 1. The van der Waals surface area contributed by atoms with Gasteiger partial charge in [-0.15, -0.1) is 24.0 Å². The van der Waals surface area contributed by atoms with Crippen LogP contribution >= 0.6 is 24.0 Å². The Morgan fingerprint density at radius 1 is 1.04 bits per heavy atom. The Bertz CT molecular complexity index is 741. The molecule has 25 heavy (non-hydrogen) atoms. The predicted molar refractivity (Wildman–Crippen MR) is 102 cm³/mol. The molecule has 0 spiro atoms. The fourth-order valence-corrected chi connectivity index (χ4v) is 2.12. The average molecular weight is 465 g/mol. The zero-order valence-corrected chi connectivity index (χ0v) is 15.9. The highest BCUT2D eigenvalue weighted by molar-refractivity contribution is 14.0. The summed E-state index contributed by atoms with van der Waals surface area (Å²) in [6.45, 7) is 0.648. The zero-order chi connectivity index (χ0) is 17.5. The van der Waals surface area contributed by atoms with Gasteiger partial charge in [0.2, 0.25) is 0 Å². The maximum Gasteiger partial charge on any atom is 0.191 e. The average Bonchev–Trinajstić information content (AvgIpc) is 2.57. The van der Waals surface area contributed by atoms with E-state index in [1.165, 1.54) is 12.1 Å². The van der Waals surface area contributed by atoms with Gasteiger partial charge in [-0.2, -0.15) is 0 Å². The molecule has 0 aliphatic heterocycles. The Hall–Kier alpha value is -1.97. The summed E-state index contributed by atoms with van der Waals surface area (Å²) in [5.74, 6) is -1.60. The van der Waals surface area contributed by atoms with Crippen molar-refractivity contribution in [1.82, 2.24) is 10.6 Å². The molecule has 0 unspecified atom stereocenters. The van der Waals surface area contributed by atoms with Crippen LogP contribution in [0, 0.1) is 17.5 Å². The molecule has 0 bridgehead atoms. The second-order valence-corrected chi connectivity index (χ2v) is 5.12. The fraction of sp³-hybridized carbons (Fsp3) is 0.235. The third-order valence-electron chi connectivity index (χ3n) is 3.39. The number of guanidine groups is 1. The van der Waals surface area contributed by atoms with Gasteiger partial charge in [0, 0.05) is 20.1 Å². The largest absolute Gasteiger partial charge is 0.505 e. The molecule has 0 amide bonds. The molecular weight excluding hydrogens is 446 g/mol. The van der Waals surface area contributed by atoms with Gasteiger partial charge in [0.05, 0.1) is 0 Å². The van der Waals surface area contributed by atoms with Gasteiger partial charge >= 0.3 is 0 Å². The molecule has 0 aromatic heterocycles. The Kier molecular flexibility index (Phi) is 8.53.